The number of nitrogens with one attached hydrogen (secondary N) is 1. The van der Waals surface area contributed by atoms with Crippen molar-refractivity contribution < 1.29 is 19.1 Å². The Morgan fingerprint density at radius 2 is 1.42 bits per heavy atom. The third kappa shape index (κ3) is 5.70. The molecule has 3 rings (SSSR count). The Morgan fingerprint density at radius 1 is 0.871 bits per heavy atom. The number of para-hydroxylation sites is 1. The van der Waals surface area contributed by atoms with Crippen molar-refractivity contribution in [1.82, 2.24) is 4.90 Å². The zero-order valence-electron chi connectivity index (χ0n) is 17.3. The van der Waals surface area contributed by atoms with Crippen LogP contribution in [0.4, 0.5) is 5.69 Å². The number of primary amides is 1. The zero-order valence-corrected chi connectivity index (χ0v) is 17.3. The first-order chi connectivity index (χ1) is 14.8. The summed E-state index contributed by atoms with van der Waals surface area (Å²) in [4.78, 5) is 36.9. The zero-order chi connectivity index (χ0) is 22.4. The van der Waals surface area contributed by atoms with E-state index < -0.39 is 5.91 Å². The molecule has 0 spiro atoms. The lowest BCUT2D eigenvalue weighted by Gasteiger charge is -2.18. The molecule has 0 radical (unpaired) electrons. The molecule has 0 saturated heterocycles. The fourth-order valence-electron chi connectivity index (χ4n) is 2.84. The number of benzene rings is 3. The monoisotopic (exact) mass is 417 g/mol. The minimum Gasteiger partial charge on any atom is -0.457 e. The Kier molecular flexibility index (Phi) is 6.67. The average molecular weight is 417 g/mol. The maximum Gasteiger partial charge on any atom is 0.255 e. The maximum atomic E-state index is 12.7. The van der Waals surface area contributed by atoms with Crippen LogP contribution in [0.15, 0.2) is 72.8 Å². The molecule has 3 aromatic carbocycles. The number of amides is 3. The van der Waals surface area contributed by atoms with E-state index in [0.717, 1.165) is 5.56 Å². The van der Waals surface area contributed by atoms with Crippen LogP contribution in [0.5, 0.6) is 11.5 Å². The summed E-state index contributed by atoms with van der Waals surface area (Å²) in [5, 5.41) is 2.90. The van der Waals surface area contributed by atoms with Crippen LogP contribution in [-0.4, -0.2) is 29.7 Å². The van der Waals surface area contributed by atoms with E-state index in [4.69, 9.17) is 10.5 Å². The molecule has 0 aromatic heterocycles. The van der Waals surface area contributed by atoms with Gasteiger partial charge >= 0.3 is 0 Å². The van der Waals surface area contributed by atoms with Crippen LogP contribution in [0.1, 0.15) is 33.2 Å². The van der Waals surface area contributed by atoms with E-state index in [0.29, 0.717) is 34.9 Å². The minimum absolute atomic E-state index is 0.0546. The van der Waals surface area contributed by atoms with Crippen LogP contribution in [0.2, 0.25) is 0 Å². The molecule has 0 aliphatic heterocycles. The summed E-state index contributed by atoms with van der Waals surface area (Å²) < 4.78 is 5.73. The smallest absolute Gasteiger partial charge is 0.255 e. The highest BCUT2D eigenvalue weighted by Crippen LogP contribution is 2.23. The number of carbonyl (C=O) groups excluding carboxylic acids is 3. The number of anilines is 1. The molecule has 0 aliphatic rings. The molecule has 0 heterocycles. The Morgan fingerprint density at radius 3 is 1.97 bits per heavy atom. The Bertz CT molecular complexity index is 1090. The molecule has 158 valence electrons. The topological polar surface area (TPSA) is 102 Å². The van der Waals surface area contributed by atoms with Gasteiger partial charge in [-0.1, -0.05) is 18.2 Å². The third-order valence-corrected chi connectivity index (χ3v) is 4.70. The van der Waals surface area contributed by atoms with E-state index in [1.54, 1.807) is 66.5 Å². The summed E-state index contributed by atoms with van der Waals surface area (Å²) in [6, 6.07) is 20.5. The lowest BCUT2D eigenvalue weighted by Crippen LogP contribution is -2.24. The highest BCUT2D eigenvalue weighted by atomic mass is 16.5. The summed E-state index contributed by atoms with van der Waals surface area (Å²) in [6.07, 6.45) is 0. The van der Waals surface area contributed by atoms with E-state index >= 15 is 0 Å². The van der Waals surface area contributed by atoms with Crippen LogP contribution < -0.4 is 15.8 Å². The highest BCUT2D eigenvalue weighted by molar-refractivity contribution is 6.04. The Labute approximate surface area is 180 Å². The van der Waals surface area contributed by atoms with E-state index in [-0.39, 0.29) is 11.8 Å². The molecule has 3 aromatic rings. The average Bonchev–Trinajstić information content (AvgIpc) is 2.76. The van der Waals surface area contributed by atoms with Crippen molar-refractivity contribution in [3.05, 3.63) is 89.5 Å². The summed E-state index contributed by atoms with van der Waals surface area (Å²) >= 11 is 0. The first kappa shape index (κ1) is 21.6. The van der Waals surface area contributed by atoms with Gasteiger partial charge in [0.25, 0.3) is 5.91 Å². The molecular weight excluding hydrogens is 394 g/mol. The van der Waals surface area contributed by atoms with E-state index in [2.05, 4.69) is 5.32 Å². The molecule has 0 bridgehead atoms. The summed E-state index contributed by atoms with van der Waals surface area (Å²) in [6.45, 7) is 1.89. The molecule has 3 N–H and O–H groups in total. The maximum absolute atomic E-state index is 12.7. The first-order valence-corrected chi connectivity index (χ1v) is 9.62. The molecule has 0 aliphatic carbocycles. The number of nitrogens with zero attached hydrogens (tertiary/aromatic N) is 1. The minimum atomic E-state index is -0.503. The standard InChI is InChI=1S/C24H23N3O4/c1-16(28)27(2)15-19-5-3-4-6-22(19)26-24(30)18-9-13-21(14-10-18)31-20-11-7-17(8-12-20)23(25)29/h3-14H,15H2,1-2H3,(H2,25,29)(H,26,30). The van der Waals surface area contributed by atoms with E-state index in [1.807, 2.05) is 18.2 Å². The summed E-state index contributed by atoms with van der Waals surface area (Å²) in [7, 11) is 1.71. The second-order valence-electron chi connectivity index (χ2n) is 7.00. The van der Waals surface area contributed by atoms with Gasteiger partial charge in [0.15, 0.2) is 0 Å². The number of carbonyl (C=O) groups is 3. The van der Waals surface area contributed by atoms with Crippen molar-refractivity contribution in [2.75, 3.05) is 12.4 Å². The number of nitrogens with two attached hydrogens (primary N) is 1. The van der Waals surface area contributed by atoms with Crippen molar-refractivity contribution >= 4 is 23.4 Å². The molecule has 3 amide bonds. The summed E-state index contributed by atoms with van der Waals surface area (Å²) in [5.41, 5.74) is 7.58. The van der Waals surface area contributed by atoms with Crippen molar-refractivity contribution in [1.29, 1.82) is 0 Å². The highest BCUT2D eigenvalue weighted by Gasteiger charge is 2.12. The second kappa shape index (κ2) is 9.58. The lowest BCUT2D eigenvalue weighted by molar-refractivity contribution is -0.128. The molecule has 7 heteroatoms. The number of hydrogen-bond donors (Lipinski definition) is 2. The molecule has 0 unspecified atom stereocenters. The molecule has 31 heavy (non-hydrogen) atoms. The molecule has 0 saturated carbocycles. The summed E-state index contributed by atoms with van der Waals surface area (Å²) in [5.74, 6) is 0.269. The molecular formula is C24H23N3O4. The van der Waals surface area contributed by atoms with Crippen molar-refractivity contribution in [2.45, 2.75) is 13.5 Å². The predicted octanol–water partition coefficient (Wildman–Crippen LogP) is 3.81. The van der Waals surface area contributed by atoms with Crippen LogP contribution in [0.25, 0.3) is 0 Å². The Hall–Kier alpha value is -4.13. The fraction of sp³-hybridized carbons (Fsp3) is 0.125. The van der Waals surface area contributed by atoms with Gasteiger partial charge in [0, 0.05) is 37.3 Å². The molecule has 0 fully saturated rings. The van der Waals surface area contributed by atoms with Crippen LogP contribution >= 0.6 is 0 Å². The normalized spacial score (nSPS) is 10.3. The number of rotatable bonds is 7. The van der Waals surface area contributed by atoms with Gasteiger partial charge in [-0.05, 0) is 60.2 Å². The van der Waals surface area contributed by atoms with Crippen molar-refractivity contribution in [3.8, 4) is 11.5 Å². The van der Waals surface area contributed by atoms with E-state index in [1.165, 1.54) is 6.92 Å². The molecule has 7 nitrogen and oxygen atoms in total. The van der Waals surface area contributed by atoms with Crippen molar-refractivity contribution in [3.63, 3.8) is 0 Å². The van der Waals surface area contributed by atoms with Gasteiger partial charge in [0.2, 0.25) is 11.8 Å². The number of ether oxygens (including phenoxy) is 1. The van der Waals surface area contributed by atoms with E-state index in [9.17, 15) is 14.4 Å². The van der Waals surface area contributed by atoms with Gasteiger partial charge in [0.1, 0.15) is 11.5 Å². The second-order valence-corrected chi connectivity index (χ2v) is 7.00. The van der Waals surface area contributed by atoms with Crippen LogP contribution in [0, 0.1) is 0 Å². The van der Waals surface area contributed by atoms with Gasteiger partial charge in [-0.15, -0.1) is 0 Å². The number of hydrogen-bond acceptors (Lipinski definition) is 4. The largest absolute Gasteiger partial charge is 0.457 e. The van der Waals surface area contributed by atoms with Crippen LogP contribution in [0.3, 0.4) is 0 Å². The molecule has 0 atom stereocenters. The first-order valence-electron chi connectivity index (χ1n) is 9.62. The lowest BCUT2D eigenvalue weighted by atomic mass is 10.1. The SMILES string of the molecule is CC(=O)N(C)Cc1ccccc1NC(=O)c1ccc(Oc2ccc(C(N)=O)cc2)cc1. The van der Waals surface area contributed by atoms with Crippen LogP contribution in [-0.2, 0) is 11.3 Å². The van der Waals surface area contributed by atoms with Gasteiger partial charge in [-0.25, -0.2) is 0 Å². The van der Waals surface area contributed by atoms with Gasteiger partial charge in [-0.2, -0.15) is 0 Å². The Balaban J connectivity index is 1.67. The predicted molar refractivity (Wildman–Crippen MR) is 118 cm³/mol. The third-order valence-electron chi connectivity index (χ3n) is 4.70. The quantitative estimate of drug-likeness (QED) is 0.610. The fourth-order valence-corrected chi connectivity index (χ4v) is 2.84. The van der Waals surface area contributed by atoms with Gasteiger partial charge < -0.3 is 20.7 Å². The van der Waals surface area contributed by atoms with Gasteiger partial charge in [-0.3, -0.25) is 14.4 Å². The van der Waals surface area contributed by atoms with Crippen molar-refractivity contribution in [2.24, 2.45) is 5.73 Å². The van der Waals surface area contributed by atoms with Gasteiger partial charge in [0.05, 0.1) is 0 Å².